The van der Waals surface area contributed by atoms with Crippen LogP contribution in [0, 0.1) is 0 Å². The largest absolute Gasteiger partial charge is 0.482 e. The molecule has 1 saturated heterocycles. The first-order valence-corrected chi connectivity index (χ1v) is 7.36. The van der Waals surface area contributed by atoms with E-state index in [0.717, 1.165) is 17.9 Å². The van der Waals surface area contributed by atoms with E-state index in [9.17, 15) is 4.79 Å². The third-order valence-corrected chi connectivity index (χ3v) is 4.47. The molecule has 0 aliphatic carbocycles. The van der Waals surface area contributed by atoms with Gasteiger partial charge >= 0.3 is 0 Å². The minimum Gasteiger partial charge on any atom is -0.482 e. The fourth-order valence-corrected chi connectivity index (χ4v) is 3.45. The molecule has 96 valence electrons. The lowest BCUT2D eigenvalue weighted by atomic mass is 10.2. The van der Waals surface area contributed by atoms with E-state index in [2.05, 4.69) is 10.6 Å². The van der Waals surface area contributed by atoms with Gasteiger partial charge in [-0.05, 0) is 18.2 Å². The topological polar surface area (TPSA) is 50.4 Å². The summed E-state index contributed by atoms with van der Waals surface area (Å²) in [6, 6.07) is 4.06. The number of hydrogen-bond acceptors (Lipinski definition) is 4. The van der Waals surface area contributed by atoms with Crippen molar-refractivity contribution in [2.24, 2.45) is 0 Å². The number of hydrogen-bond donors (Lipinski definition) is 2. The summed E-state index contributed by atoms with van der Waals surface area (Å²) < 4.78 is 5.38. The molecule has 0 aromatic heterocycles. The minimum absolute atomic E-state index is 0.0629. The zero-order valence-corrected chi connectivity index (χ0v) is 11.2. The summed E-state index contributed by atoms with van der Waals surface area (Å²) >= 11 is 8.15. The molecule has 0 bridgehead atoms. The molecule has 0 radical (unpaired) electrons. The van der Waals surface area contributed by atoms with Crippen LogP contribution in [0.15, 0.2) is 12.1 Å². The monoisotopic (exact) mass is 284 g/mol. The highest BCUT2D eigenvalue weighted by atomic mass is 35.5. The maximum Gasteiger partial charge on any atom is 0.262 e. The van der Waals surface area contributed by atoms with Gasteiger partial charge in [-0.25, -0.2) is 0 Å². The van der Waals surface area contributed by atoms with Gasteiger partial charge in [0.15, 0.2) is 6.61 Å². The second-order valence-corrected chi connectivity index (χ2v) is 5.93. The number of thioether (sulfide) groups is 1. The first-order valence-electron chi connectivity index (χ1n) is 5.83. The maximum absolute atomic E-state index is 11.2. The van der Waals surface area contributed by atoms with Crippen LogP contribution in [0.5, 0.6) is 5.75 Å². The molecule has 2 N–H and O–H groups in total. The van der Waals surface area contributed by atoms with E-state index in [-0.39, 0.29) is 12.5 Å². The number of rotatable bonds is 2. The average molecular weight is 285 g/mol. The number of amides is 1. The Bertz CT molecular complexity index is 489. The van der Waals surface area contributed by atoms with E-state index >= 15 is 0 Å². The van der Waals surface area contributed by atoms with Gasteiger partial charge in [-0.15, -0.1) is 0 Å². The van der Waals surface area contributed by atoms with Crippen molar-refractivity contribution in [2.45, 2.75) is 12.5 Å². The first kappa shape index (κ1) is 12.0. The van der Waals surface area contributed by atoms with Gasteiger partial charge in [0.1, 0.15) is 5.75 Å². The highest BCUT2D eigenvalue weighted by Crippen LogP contribution is 2.37. The number of nitrogens with one attached hydrogen (secondary N) is 2. The molecule has 1 aromatic rings. The highest BCUT2D eigenvalue weighted by Gasteiger charge is 2.20. The lowest BCUT2D eigenvalue weighted by Crippen LogP contribution is -2.25. The van der Waals surface area contributed by atoms with Crippen molar-refractivity contribution >= 4 is 40.6 Å². The molecule has 3 rings (SSSR count). The molecule has 2 aliphatic heterocycles. The summed E-state index contributed by atoms with van der Waals surface area (Å²) in [5.74, 6) is 2.82. The Morgan fingerprint density at radius 2 is 2.39 bits per heavy atom. The van der Waals surface area contributed by atoms with Crippen LogP contribution in [0.1, 0.15) is 6.42 Å². The molecular formula is C12H13ClN2O2S. The standard InChI is InChI=1S/C12H13ClN2O2S/c13-8-3-10-11(17-5-12(16)15-10)4-9(8)14-7-1-2-18-6-7/h3-4,7,14H,1-2,5-6H2,(H,15,16). The quantitative estimate of drug-likeness (QED) is 0.876. The summed E-state index contributed by atoms with van der Waals surface area (Å²) in [6.07, 6.45) is 1.15. The van der Waals surface area contributed by atoms with E-state index in [1.165, 1.54) is 5.75 Å². The fraction of sp³-hybridized carbons (Fsp3) is 0.417. The normalized spacial score (nSPS) is 22.1. The number of ether oxygens (including phenoxy) is 1. The molecule has 0 spiro atoms. The van der Waals surface area contributed by atoms with Gasteiger partial charge in [-0.2, -0.15) is 11.8 Å². The Kier molecular flexibility index (Phi) is 3.26. The smallest absolute Gasteiger partial charge is 0.262 e. The van der Waals surface area contributed by atoms with Crippen molar-refractivity contribution in [3.63, 3.8) is 0 Å². The number of benzene rings is 1. The van der Waals surface area contributed by atoms with Gasteiger partial charge < -0.3 is 15.4 Å². The summed E-state index contributed by atoms with van der Waals surface area (Å²) in [6.45, 7) is 0.0629. The minimum atomic E-state index is -0.147. The van der Waals surface area contributed by atoms with Crippen LogP contribution < -0.4 is 15.4 Å². The number of halogens is 1. The van der Waals surface area contributed by atoms with E-state index in [4.69, 9.17) is 16.3 Å². The molecule has 1 amide bonds. The highest BCUT2D eigenvalue weighted by molar-refractivity contribution is 7.99. The van der Waals surface area contributed by atoms with Crippen molar-refractivity contribution < 1.29 is 9.53 Å². The Morgan fingerprint density at radius 1 is 1.50 bits per heavy atom. The van der Waals surface area contributed by atoms with Crippen molar-refractivity contribution in [2.75, 3.05) is 28.7 Å². The van der Waals surface area contributed by atoms with Crippen LogP contribution in [0.3, 0.4) is 0 Å². The van der Waals surface area contributed by atoms with Gasteiger partial charge in [-0.3, -0.25) is 4.79 Å². The van der Waals surface area contributed by atoms with E-state index in [1.807, 2.05) is 17.8 Å². The first-order chi connectivity index (χ1) is 8.72. The number of fused-ring (bicyclic) bond motifs is 1. The van der Waals surface area contributed by atoms with Crippen LogP contribution in [-0.2, 0) is 4.79 Å². The van der Waals surface area contributed by atoms with Gasteiger partial charge in [0.25, 0.3) is 5.91 Å². The third-order valence-electron chi connectivity index (χ3n) is 2.99. The average Bonchev–Trinajstić information content (AvgIpc) is 2.83. The van der Waals surface area contributed by atoms with Crippen molar-refractivity contribution in [1.29, 1.82) is 0 Å². The molecule has 0 saturated carbocycles. The van der Waals surface area contributed by atoms with Crippen molar-refractivity contribution in [3.05, 3.63) is 17.2 Å². The molecule has 2 heterocycles. The number of anilines is 2. The SMILES string of the molecule is O=C1COc2cc(NC3CCSC3)c(Cl)cc2N1. The Labute approximate surface area is 114 Å². The molecule has 18 heavy (non-hydrogen) atoms. The van der Waals surface area contributed by atoms with Crippen molar-refractivity contribution in [3.8, 4) is 5.75 Å². The van der Waals surface area contributed by atoms with Crippen LogP contribution in [0.4, 0.5) is 11.4 Å². The molecule has 6 heteroatoms. The molecule has 1 aromatic carbocycles. The van der Waals surface area contributed by atoms with Crippen molar-refractivity contribution in [1.82, 2.24) is 0 Å². The zero-order valence-electron chi connectivity index (χ0n) is 9.66. The summed E-state index contributed by atoms with van der Waals surface area (Å²) in [5, 5.41) is 6.77. The molecular weight excluding hydrogens is 272 g/mol. The molecule has 4 nitrogen and oxygen atoms in total. The molecule has 1 unspecified atom stereocenters. The Morgan fingerprint density at radius 3 is 3.17 bits per heavy atom. The van der Waals surface area contributed by atoms with E-state index in [1.54, 1.807) is 6.07 Å². The summed E-state index contributed by atoms with van der Waals surface area (Å²) in [7, 11) is 0. The lowest BCUT2D eigenvalue weighted by Gasteiger charge is -2.21. The molecule has 1 atom stereocenters. The summed E-state index contributed by atoms with van der Waals surface area (Å²) in [5.41, 5.74) is 1.52. The Balaban J connectivity index is 1.84. The van der Waals surface area contributed by atoms with E-state index < -0.39 is 0 Å². The lowest BCUT2D eigenvalue weighted by molar-refractivity contribution is -0.118. The summed E-state index contributed by atoms with van der Waals surface area (Å²) in [4.78, 5) is 11.2. The molecule has 2 aliphatic rings. The van der Waals surface area contributed by atoms with Crippen LogP contribution in [0.25, 0.3) is 0 Å². The second kappa shape index (κ2) is 4.90. The zero-order chi connectivity index (χ0) is 12.5. The predicted octanol–water partition coefficient (Wildman–Crippen LogP) is 2.59. The predicted molar refractivity (Wildman–Crippen MR) is 74.9 cm³/mol. The van der Waals surface area contributed by atoms with Gasteiger partial charge in [0.05, 0.1) is 16.4 Å². The van der Waals surface area contributed by atoms with Crippen LogP contribution >= 0.6 is 23.4 Å². The third kappa shape index (κ3) is 2.37. The van der Waals surface area contributed by atoms with Gasteiger partial charge in [0, 0.05) is 17.9 Å². The van der Waals surface area contributed by atoms with Crippen LogP contribution in [-0.4, -0.2) is 30.1 Å². The van der Waals surface area contributed by atoms with Gasteiger partial charge in [0.2, 0.25) is 0 Å². The number of carbonyl (C=O) groups is 1. The number of carbonyl (C=O) groups excluding carboxylic acids is 1. The Hall–Kier alpha value is -1.07. The van der Waals surface area contributed by atoms with Gasteiger partial charge in [-0.1, -0.05) is 11.6 Å². The van der Waals surface area contributed by atoms with Crippen LogP contribution in [0.2, 0.25) is 5.02 Å². The van der Waals surface area contributed by atoms with E-state index in [0.29, 0.717) is 22.5 Å². The fourth-order valence-electron chi connectivity index (χ4n) is 2.08. The molecule has 1 fully saturated rings. The maximum atomic E-state index is 11.2. The second-order valence-electron chi connectivity index (χ2n) is 4.37.